The van der Waals surface area contributed by atoms with Crippen LogP contribution in [0, 0.1) is 16.0 Å². The monoisotopic (exact) mass is 286 g/mol. The van der Waals surface area contributed by atoms with Crippen LogP contribution < -0.4 is 11.5 Å². The topological polar surface area (TPSA) is 91.6 Å². The zero-order valence-electron chi connectivity index (χ0n) is 9.81. The minimum atomic E-state index is 0.136. The zero-order chi connectivity index (χ0) is 14.0. The van der Waals surface area contributed by atoms with E-state index in [1.54, 1.807) is 0 Å². The van der Waals surface area contributed by atoms with E-state index in [4.69, 9.17) is 35.9 Å². The second kappa shape index (κ2) is 5.18. The van der Waals surface area contributed by atoms with E-state index in [1.165, 1.54) is 0 Å². The van der Waals surface area contributed by atoms with Crippen LogP contribution in [0.3, 0.4) is 0 Å². The van der Waals surface area contributed by atoms with Crippen molar-refractivity contribution in [2.45, 2.75) is 0 Å². The molecule has 0 radical (unpaired) electrons. The van der Waals surface area contributed by atoms with Gasteiger partial charge in [-0.3, -0.25) is 0 Å². The van der Waals surface area contributed by atoms with E-state index >= 15 is 0 Å². The van der Waals surface area contributed by atoms with Crippen molar-refractivity contribution in [2.24, 2.45) is 5.73 Å². The van der Waals surface area contributed by atoms with Crippen molar-refractivity contribution in [3.05, 3.63) is 46.1 Å². The fourth-order valence-corrected chi connectivity index (χ4v) is 2.46. The number of hydrogen-bond donors (Lipinski definition) is 3. The Bertz CT molecular complexity index is 742. The van der Waals surface area contributed by atoms with Gasteiger partial charge in [0.25, 0.3) is 0 Å². The number of rotatable bonds is 2. The number of hydrogen-bond acceptors (Lipinski definition) is 4. The molecule has 0 atom stereocenters. The normalized spacial score (nSPS) is 9.84. The molecule has 19 heavy (non-hydrogen) atoms. The highest BCUT2D eigenvalue weighted by Crippen LogP contribution is 2.30. The highest BCUT2D eigenvalue weighted by molar-refractivity contribution is 7.80. The Hall–Kier alpha value is -2.23. The Morgan fingerprint density at radius 2 is 1.89 bits per heavy atom. The highest BCUT2D eigenvalue weighted by Gasteiger charge is 2.17. The molecular formula is C13H10N4S2. The Labute approximate surface area is 120 Å². The molecule has 1 aromatic heterocycles. The predicted molar refractivity (Wildman–Crippen MR) is 82.1 cm³/mol. The van der Waals surface area contributed by atoms with Gasteiger partial charge in [0, 0.05) is 5.56 Å². The lowest BCUT2D eigenvalue weighted by molar-refractivity contribution is 1.27. The summed E-state index contributed by atoms with van der Waals surface area (Å²) in [6, 6.07) is 11.4. The van der Waals surface area contributed by atoms with Gasteiger partial charge in [0.2, 0.25) is 0 Å². The summed E-state index contributed by atoms with van der Waals surface area (Å²) in [6.45, 7) is 0. The van der Waals surface area contributed by atoms with Gasteiger partial charge in [-0.15, -0.1) is 0 Å². The lowest BCUT2D eigenvalue weighted by Crippen LogP contribution is -2.15. The first-order valence-electron chi connectivity index (χ1n) is 5.37. The molecule has 0 saturated heterocycles. The number of anilines is 1. The molecule has 0 aliphatic rings. The molecule has 0 aliphatic heterocycles. The fraction of sp³-hybridized carbons (Fsp3) is 0. The van der Waals surface area contributed by atoms with E-state index in [9.17, 15) is 5.26 Å². The largest absolute Gasteiger partial charge is 0.389 e. The van der Waals surface area contributed by atoms with Crippen LogP contribution >= 0.6 is 24.4 Å². The van der Waals surface area contributed by atoms with Gasteiger partial charge in [0.05, 0.1) is 5.56 Å². The number of pyridine rings is 1. The SMILES string of the molecule is N#Cc1c(N)[nH]c(=S)c(C(N)=S)c1-c1ccccc1. The maximum Gasteiger partial charge on any atom is 0.120 e. The Morgan fingerprint density at radius 3 is 2.42 bits per heavy atom. The van der Waals surface area contributed by atoms with Crippen LogP contribution in [-0.2, 0) is 0 Å². The third-order valence-corrected chi connectivity index (χ3v) is 3.18. The van der Waals surface area contributed by atoms with Crippen LogP contribution in [-0.4, -0.2) is 9.97 Å². The molecule has 0 bridgehead atoms. The molecule has 0 saturated carbocycles. The van der Waals surface area contributed by atoms with Gasteiger partial charge in [-0.25, -0.2) is 0 Å². The summed E-state index contributed by atoms with van der Waals surface area (Å²) < 4.78 is 0.336. The molecule has 4 nitrogen and oxygen atoms in total. The second-order valence-electron chi connectivity index (χ2n) is 3.83. The first-order valence-corrected chi connectivity index (χ1v) is 6.19. The fourth-order valence-electron chi connectivity index (χ4n) is 1.87. The molecule has 1 heterocycles. The molecule has 0 amide bonds. The molecular weight excluding hydrogens is 276 g/mol. The zero-order valence-corrected chi connectivity index (χ0v) is 11.4. The summed E-state index contributed by atoms with van der Waals surface area (Å²) in [7, 11) is 0. The smallest absolute Gasteiger partial charge is 0.120 e. The molecule has 2 rings (SSSR count). The van der Waals surface area contributed by atoms with Gasteiger partial charge in [-0.2, -0.15) is 5.26 Å². The number of nitrogen functional groups attached to an aromatic ring is 1. The maximum atomic E-state index is 9.29. The van der Waals surface area contributed by atoms with Gasteiger partial charge in [0.1, 0.15) is 27.1 Å². The average molecular weight is 286 g/mol. The minimum absolute atomic E-state index is 0.136. The molecule has 1 aromatic carbocycles. The third-order valence-electron chi connectivity index (χ3n) is 2.67. The van der Waals surface area contributed by atoms with E-state index in [1.807, 2.05) is 30.3 Å². The summed E-state index contributed by atoms with van der Waals surface area (Å²) in [5.41, 5.74) is 13.7. The van der Waals surface area contributed by atoms with Crippen molar-refractivity contribution < 1.29 is 0 Å². The van der Waals surface area contributed by atoms with Crippen LogP contribution in [0.5, 0.6) is 0 Å². The molecule has 0 fully saturated rings. The molecule has 6 heteroatoms. The lowest BCUT2D eigenvalue weighted by atomic mass is 9.96. The summed E-state index contributed by atoms with van der Waals surface area (Å²) in [5, 5.41) is 9.29. The molecule has 0 unspecified atom stereocenters. The molecule has 0 spiro atoms. The number of thiocarbonyl (C=S) groups is 1. The number of nitrogens with two attached hydrogens (primary N) is 2. The van der Waals surface area contributed by atoms with Crippen LogP contribution in [0.25, 0.3) is 11.1 Å². The minimum Gasteiger partial charge on any atom is -0.389 e. The number of aromatic nitrogens is 1. The van der Waals surface area contributed by atoms with Crippen molar-refractivity contribution in [1.29, 1.82) is 5.26 Å². The van der Waals surface area contributed by atoms with E-state index in [2.05, 4.69) is 11.1 Å². The van der Waals surface area contributed by atoms with E-state index in [0.717, 1.165) is 5.56 Å². The van der Waals surface area contributed by atoms with Crippen LogP contribution in [0.1, 0.15) is 11.1 Å². The van der Waals surface area contributed by atoms with Crippen molar-refractivity contribution in [1.82, 2.24) is 4.98 Å². The molecule has 2 aromatic rings. The van der Waals surface area contributed by atoms with Crippen LogP contribution in [0.15, 0.2) is 30.3 Å². The maximum absolute atomic E-state index is 9.29. The highest BCUT2D eigenvalue weighted by atomic mass is 32.1. The standard InChI is InChI=1S/C13H10N4S2/c14-6-8-9(7-4-2-1-3-5-7)10(12(16)18)13(19)17-11(8)15/h1-5H,(H2,16,18)(H3,15,17,19). The molecule has 5 N–H and O–H groups in total. The van der Waals surface area contributed by atoms with Crippen molar-refractivity contribution in [2.75, 3.05) is 5.73 Å². The van der Waals surface area contributed by atoms with Gasteiger partial charge in [-0.1, -0.05) is 54.8 Å². The van der Waals surface area contributed by atoms with E-state index in [0.29, 0.717) is 21.3 Å². The third kappa shape index (κ3) is 2.34. The van der Waals surface area contributed by atoms with E-state index < -0.39 is 0 Å². The van der Waals surface area contributed by atoms with E-state index in [-0.39, 0.29) is 10.8 Å². The second-order valence-corrected chi connectivity index (χ2v) is 4.68. The summed E-state index contributed by atoms with van der Waals surface area (Å²) in [5.74, 6) is 0.214. The summed E-state index contributed by atoms with van der Waals surface area (Å²) in [4.78, 5) is 2.89. The summed E-state index contributed by atoms with van der Waals surface area (Å²) >= 11 is 10.2. The molecule has 94 valence electrons. The van der Waals surface area contributed by atoms with Gasteiger partial charge in [0.15, 0.2) is 0 Å². The van der Waals surface area contributed by atoms with Gasteiger partial charge >= 0.3 is 0 Å². The Balaban J connectivity index is 2.95. The summed E-state index contributed by atoms with van der Waals surface area (Å²) in [6.07, 6.45) is 0. The van der Waals surface area contributed by atoms with Crippen LogP contribution in [0.2, 0.25) is 0 Å². The van der Waals surface area contributed by atoms with Gasteiger partial charge < -0.3 is 16.5 Å². The average Bonchev–Trinajstić information content (AvgIpc) is 2.38. The first kappa shape index (κ1) is 13.2. The quantitative estimate of drug-likeness (QED) is 0.738. The van der Waals surface area contributed by atoms with Crippen molar-refractivity contribution >= 4 is 35.2 Å². The predicted octanol–water partition coefficient (Wildman–Crippen LogP) is 2.50. The lowest BCUT2D eigenvalue weighted by Gasteiger charge is -2.12. The molecule has 0 aliphatic carbocycles. The number of nitriles is 1. The number of aromatic amines is 1. The Morgan fingerprint density at radius 1 is 1.26 bits per heavy atom. The van der Waals surface area contributed by atoms with Crippen molar-refractivity contribution in [3.8, 4) is 17.2 Å². The number of H-pyrrole nitrogens is 1. The Kier molecular flexibility index (Phi) is 3.60. The van der Waals surface area contributed by atoms with Gasteiger partial charge in [-0.05, 0) is 5.56 Å². The van der Waals surface area contributed by atoms with Crippen molar-refractivity contribution in [3.63, 3.8) is 0 Å². The number of nitrogens with zero attached hydrogens (tertiary/aromatic N) is 1. The first-order chi connectivity index (χ1) is 9.06. The van der Waals surface area contributed by atoms with Crippen LogP contribution in [0.4, 0.5) is 5.82 Å². The number of nitrogens with one attached hydrogen (secondary N) is 1. The number of benzene rings is 1.